The minimum Gasteiger partial charge on any atom is -0.492 e. The first-order valence-corrected chi connectivity index (χ1v) is 7.13. The average Bonchev–Trinajstić information content (AvgIpc) is 2.36. The first-order valence-electron chi connectivity index (χ1n) is 6.34. The Morgan fingerprint density at radius 3 is 2.84 bits per heavy atom. The van der Waals surface area contributed by atoms with Gasteiger partial charge >= 0.3 is 0 Å². The van der Waals surface area contributed by atoms with Gasteiger partial charge in [-0.15, -0.1) is 0 Å². The molecule has 0 amide bonds. The predicted molar refractivity (Wildman–Crippen MR) is 79.6 cm³/mol. The minimum atomic E-state index is -0.744. The topological polar surface area (TPSA) is 50.7 Å². The summed E-state index contributed by atoms with van der Waals surface area (Å²) in [6.07, 6.45) is 0.614. The molecule has 0 radical (unpaired) electrons. The lowest BCUT2D eigenvalue weighted by atomic mass is 10.0. The normalized spacial score (nSPS) is 14.1. The van der Waals surface area contributed by atoms with Gasteiger partial charge in [-0.05, 0) is 25.1 Å². The lowest BCUT2D eigenvalue weighted by molar-refractivity contribution is 0.0246. The van der Waals surface area contributed by atoms with E-state index in [1.54, 1.807) is 14.0 Å². The van der Waals surface area contributed by atoms with E-state index in [1.165, 1.54) is 0 Å². The molecule has 0 bridgehead atoms. The Hall–Kier alpha value is -0.620. The molecule has 1 aromatic rings. The monoisotopic (exact) mass is 331 g/mol. The third-order valence-electron chi connectivity index (χ3n) is 2.69. The van der Waals surface area contributed by atoms with E-state index < -0.39 is 5.60 Å². The molecule has 0 aliphatic rings. The van der Waals surface area contributed by atoms with Crippen LogP contribution in [0.1, 0.15) is 13.3 Å². The zero-order valence-corrected chi connectivity index (χ0v) is 13.1. The maximum absolute atomic E-state index is 10.0. The van der Waals surface area contributed by atoms with Crippen molar-refractivity contribution in [2.75, 3.05) is 33.4 Å². The quantitative estimate of drug-likeness (QED) is 0.681. The second-order valence-corrected chi connectivity index (χ2v) is 5.64. The third-order valence-corrected chi connectivity index (χ3v) is 3.19. The van der Waals surface area contributed by atoms with Crippen molar-refractivity contribution >= 4 is 15.9 Å². The molecule has 0 aliphatic heterocycles. The molecule has 1 unspecified atom stereocenters. The molecular weight excluding hydrogens is 310 g/mol. The van der Waals surface area contributed by atoms with Gasteiger partial charge in [-0.1, -0.05) is 22.0 Å². The van der Waals surface area contributed by atoms with Gasteiger partial charge in [0.15, 0.2) is 0 Å². The van der Waals surface area contributed by atoms with E-state index >= 15 is 0 Å². The molecule has 1 aromatic carbocycles. The van der Waals surface area contributed by atoms with Gasteiger partial charge in [-0.2, -0.15) is 0 Å². The highest BCUT2D eigenvalue weighted by molar-refractivity contribution is 9.10. The molecule has 0 fully saturated rings. The van der Waals surface area contributed by atoms with E-state index in [1.807, 2.05) is 24.3 Å². The summed E-state index contributed by atoms with van der Waals surface area (Å²) < 4.78 is 11.5. The van der Waals surface area contributed by atoms with Crippen LogP contribution in [0, 0.1) is 0 Å². The number of ether oxygens (including phenoxy) is 2. The highest BCUT2D eigenvalue weighted by Gasteiger charge is 2.18. The largest absolute Gasteiger partial charge is 0.492 e. The van der Waals surface area contributed by atoms with E-state index in [2.05, 4.69) is 21.2 Å². The molecule has 5 heteroatoms. The molecule has 0 saturated heterocycles. The molecular formula is C14H22BrNO3. The summed E-state index contributed by atoms with van der Waals surface area (Å²) in [6.45, 7) is 4.14. The Morgan fingerprint density at radius 1 is 1.37 bits per heavy atom. The maximum atomic E-state index is 10.0. The Morgan fingerprint density at radius 2 is 2.16 bits per heavy atom. The fourth-order valence-corrected chi connectivity index (χ4v) is 1.94. The molecule has 19 heavy (non-hydrogen) atoms. The molecule has 0 spiro atoms. The van der Waals surface area contributed by atoms with E-state index in [4.69, 9.17) is 9.47 Å². The van der Waals surface area contributed by atoms with Crippen LogP contribution in [0.25, 0.3) is 0 Å². The number of benzene rings is 1. The van der Waals surface area contributed by atoms with Crippen LogP contribution in [-0.4, -0.2) is 44.1 Å². The van der Waals surface area contributed by atoms with Crippen LogP contribution >= 0.6 is 15.9 Å². The van der Waals surface area contributed by atoms with Gasteiger partial charge < -0.3 is 19.9 Å². The summed E-state index contributed by atoms with van der Waals surface area (Å²) in [5, 5.41) is 13.2. The predicted octanol–water partition coefficient (Wildman–Crippen LogP) is 2.21. The fraction of sp³-hybridized carbons (Fsp3) is 0.571. The number of nitrogens with one attached hydrogen (secondary N) is 1. The van der Waals surface area contributed by atoms with Crippen LogP contribution in [0.2, 0.25) is 0 Å². The van der Waals surface area contributed by atoms with Gasteiger partial charge in [0.25, 0.3) is 0 Å². The standard InChI is InChI=1S/C14H22BrNO3/c1-14(17,6-8-18-2)11-16-7-9-19-13-5-3-4-12(15)10-13/h3-5,10,16-17H,6-9,11H2,1-2H3. The van der Waals surface area contributed by atoms with Gasteiger partial charge in [0.1, 0.15) is 12.4 Å². The van der Waals surface area contributed by atoms with Crippen LogP contribution in [-0.2, 0) is 4.74 Å². The smallest absolute Gasteiger partial charge is 0.120 e. The van der Waals surface area contributed by atoms with Crippen molar-refractivity contribution in [3.63, 3.8) is 0 Å². The number of methoxy groups -OCH3 is 1. The van der Waals surface area contributed by atoms with Crippen molar-refractivity contribution in [1.82, 2.24) is 5.32 Å². The molecule has 0 aromatic heterocycles. The first-order chi connectivity index (χ1) is 9.03. The van der Waals surface area contributed by atoms with Gasteiger partial charge in [-0.25, -0.2) is 0 Å². The Bertz CT molecular complexity index is 371. The van der Waals surface area contributed by atoms with Crippen molar-refractivity contribution in [3.8, 4) is 5.75 Å². The molecule has 4 nitrogen and oxygen atoms in total. The summed E-state index contributed by atoms with van der Waals surface area (Å²) in [4.78, 5) is 0. The molecule has 1 rings (SSSR count). The number of hydrogen-bond acceptors (Lipinski definition) is 4. The van der Waals surface area contributed by atoms with Crippen molar-refractivity contribution in [2.24, 2.45) is 0 Å². The van der Waals surface area contributed by atoms with Crippen LogP contribution in [0.5, 0.6) is 5.75 Å². The highest BCUT2D eigenvalue weighted by Crippen LogP contribution is 2.17. The van der Waals surface area contributed by atoms with E-state index in [0.717, 1.165) is 10.2 Å². The SMILES string of the molecule is COCCC(C)(O)CNCCOc1cccc(Br)c1. The summed E-state index contributed by atoms with van der Waals surface area (Å²) in [5.74, 6) is 0.835. The maximum Gasteiger partial charge on any atom is 0.120 e. The Kier molecular flexibility index (Phi) is 7.38. The summed E-state index contributed by atoms with van der Waals surface area (Å²) >= 11 is 3.39. The van der Waals surface area contributed by atoms with Crippen molar-refractivity contribution in [1.29, 1.82) is 0 Å². The van der Waals surface area contributed by atoms with Crippen LogP contribution in [0.15, 0.2) is 28.7 Å². The fourth-order valence-electron chi connectivity index (χ4n) is 1.57. The van der Waals surface area contributed by atoms with Gasteiger partial charge in [0.2, 0.25) is 0 Å². The molecule has 108 valence electrons. The molecule has 0 aliphatic carbocycles. The molecule has 0 heterocycles. The lowest BCUT2D eigenvalue weighted by Crippen LogP contribution is -2.40. The second kappa shape index (κ2) is 8.53. The van der Waals surface area contributed by atoms with E-state index in [0.29, 0.717) is 32.7 Å². The minimum absolute atomic E-state index is 0.526. The van der Waals surface area contributed by atoms with Crippen molar-refractivity contribution in [2.45, 2.75) is 18.9 Å². The number of aliphatic hydroxyl groups is 1. The van der Waals surface area contributed by atoms with Crippen LogP contribution in [0.3, 0.4) is 0 Å². The van der Waals surface area contributed by atoms with Crippen LogP contribution in [0.4, 0.5) is 0 Å². The van der Waals surface area contributed by atoms with Crippen molar-refractivity contribution < 1.29 is 14.6 Å². The molecule has 1 atom stereocenters. The van der Waals surface area contributed by atoms with Crippen LogP contribution < -0.4 is 10.1 Å². The third kappa shape index (κ3) is 7.52. The lowest BCUT2D eigenvalue weighted by Gasteiger charge is -2.23. The highest BCUT2D eigenvalue weighted by atomic mass is 79.9. The van der Waals surface area contributed by atoms with Gasteiger partial charge in [0, 0.05) is 37.7 Å². The average molecular weight is 332 g/mol. The summed E-state index contributed by atoms with van der Waals surface area (Å²) in [7, 11) is 1.63. The Balaban J connectivity index is 2.14. The molecule has 2 N–H and O–H groups in total. The zero-order valence-electron chi connectivity index (χ0n) is 11.5. The van der Waals surface area contributed by atoms with E-state index in [-0.39, 0.29) is 0 Å². The number of halogens is 1. The molecule has 0 saturated carbocycles. The van der Waals surface area contributed by atoms with E-state index in [9.17, 15) is 5.11 Å². The summed E-state index contributed by atoms with van der Waals surface area (Å²) in [6, 6.07) is 7.73. The number of rotatable bonds is 9. The van der Waals surface area contributed by atoms with Gasteiger partial charge in [0.05, 0.1) is 5.60 Å². The zero-order chi connectivity index (χ0) is 14.1. The number of hydrogen-bond donors (Lipinski definition) is 2. The second-order valence-electron chi connectivity index (χ2n) is 4.72. The summed E-state index contributed by atoms with van der Waals surface area (Å²) in [5.41, 5.74) is -0.744. The first kappa shape index (κ1) is 16.4. The van der Waals surface area contributed by atoms with Crippen molar-refractivity contribution in [3.05, 3.63) is 28.7 Å². The van der Waals surface area contributed by atoms with Gasteiger partial charge in [-0.3, -0.25) is 0 Å². The Labute approximate surface area is 123 Å².